The molecular formula is C26H31N3O3. The summed E-state index contributed by atoms with van der Waals surface area (Å²) >= 11 is 0. The van der Waals surface area contributed by atoms with Gasteiger partial charge in [0, 0.05) is 47.8 Å². The molecule has 0 saturated carbocycles. The van der Waals surface area contributed by atoms with E-state index in [1.807, 2.05) is 18.3 Å². The van der Waals surface area contributed by atoms with E-state index in [4.69, 9.17) is 4.74 Å². The Morgan fingerprint density at radius 1 is 1.19 bits per heavy atom. The zero-order chi connectivity index (χ0) is 22.2. The highest BCUT2D eigenvalue weighted by Crippen LogP contribution is 2.39. The van der Waals surface area contributed by atoms with E-state index in [0.29, 0.717) is 11.6 Å². The first-order valence-electron chi connectivity index (χ1n) is 11.5. The Hall–Kier alpha value is -2.83. The summed E-state index contributed by atoms with van der Waals surface area (Å²) in [6.45, 7) is 6.32. The average Bonchev–Trinajstić information content (AvgIpc) is 3.26. The van der Waals surface area contributed by atoms with E-state index in [1.54, 1.807) is 19.2 Å². The van der Waals surface area contributed by atoms with Crippen LogP contribution in [0.2, 0.25) is 0 Å². The van der Waals surface area contributed by atoms with Crippen LogP contribution >= 0.6 is 0 Å². The van der Waals surface area contributed by atoms with Crippen molar-refractivity contribution in [2.24, 2.45) is 0 Å². The highest BCUT2D eigenvalue weighted by atomic mass is 16.5. The summed E-state index contributed by atoms with van der Waals surface area (Å²) in [4.78, 5) is 19.9. The molecule has 0 amide bonds. The van der Waals surface area contributed by atoms with Crippen LogP contribution in [0.3, 0.4) is 0 Å². The number of nitrogens with zero attached hydrogens (tertiary/aromatic N) is 2. The molecule has 0 bridgehead atoms. The normalized spacial score (nSPS) is 22.1. The van der Waals surface area contributed by atoms with Gasteiger partial charge in [-0.3, -0.25) is 4.90 Å². The predicted molar refractivity (Wildman–Crippen MR) is 125 cm³/mol. The monoisotopic (exact) mass is 433 g/mol. The molecule has 0 spiro atoms. The first kappa shape index (κ1) is 21.0. The van der Waals surface area contributed by atoms with Crippen LogP contribution < -0.4 is 4.74 Å². The summed E-state index contributed by atoms with van der Waals surface area (Å²) in [5, 5.41) is 10.5. The molecular weight excluding hydrogens is 402 g/mol. The van der Waals surface area contributed by atoms with Crippen molar-refractivity contribution < 1.29 is 14.6 Å². The Morgan fingerprint density at radius 3 is 2.62 bits per heavy atom. The number of nitrogens with one attached hydrogen (secondary N) is 1. The molecule has 6 nitrogen and oxygen atoms in total. The number of aromatic nitrogens is 1. The Labute approximate surface area is 188 Å². The quantitative estimate of drug-likeness (QED) is 0.595. The van der Waals surface area contributed by atoms with Crippen LogP contribution in [0.15, 0.2) is 42.6 Å². The third-order valence-corrected chi connectivity index (χ3v) is 7.33. The molecule has 2 saturated heterocycles. The molecule has 2 aliphatic rings. The Bertz CT molecular complexity index is 1120. The minimum Gasteiger partial charge on any atom is -0.496 e. The molecule has 168 valence electrons. The maximum absolute atomic E-state index is 11.3. The lowest BCUT2D eigenvalue weighted by Crippen LogP contribution is -2.51. The van der Waals surface area contributed by atoms with Gasteiger partial charge >= 0.3 is 5.97 Å². The second kappa shape index (κ2) is 8.60. The molecule has 2 atom stereocenters. The van der Waals surface area contributed by atoms with Gasteiger partial charge in [-0.25, -0.2) is 4.79 Å². The van der Waals surface area contributed by atoms with Gasteiger partial charge in [-0.1, -0.05) is 12.1 Å². The van der Waals surface area contributed by atoms with Crippen LogP contribution in [0.1, 0.15) is 52.4 Å². The fraction of sp³-hybridized carbons (Fsp3) is 0.423. The number of hydrogen-bond acceptors (Lipinski definition) is 4. The van der Waals surface area contributed by atoms with Gasteiger partial charge in [0.25, 0.3) is 0 Å². The maximum atomic E-state index is 11.3. The van der Waals surface area contributed by atoms with Gasteiger partial charge in [0.05, 0.1) is 12.7 Å². The summed E-state index contributed by atoms with van der Waals surface area (Å²) in [6, 6.07) is 12.6. The number of aryl methyl sites for hydroxylation is 1. The molecule has 2 aliphatic heterocycles. The standard InChI is InChI=1S/C26H31N3O3/c1-17-14-24(32-2)22(21-8-10-27-25(17)21)16-29-13-9-20(28-11-3-12-28)15-23(29)18-4-6-19(7-5-18)26(30)31/h4-8,10,14,20,23,27H,3,9,11-13,15-16H2,1-2H3,(H,30,31)/t20-,23+/m1/s1. The van der Waals surface area contributed by atoms with Gasteiger partial charge in [-0.05, 0) is 74.7 Å². The number of ether oxygens (including phenoxy) is 1. The van der Waals surface area contributed by atoms with Crippen LogP contribution in [-0.2, 0) is 6.54 Å². The first-order chi connectivity index (χ1) is 15.5. The van der Waals surface area contributed by atoms with Gasteiger partial charge in [-0.15, -0.1) is 0 Å². The lowest BCUT2D eigenvalue weighted by molar-refractivity contribution is 0.0292. The lowest BCUT2D eigenvalue weighted by atomic mass is 9.88. The zero-order valence-corrected chi connectivity index (χ0v) is 18.8. The van der Waals surface area contributed by atoms with Crippen LogP contribution in [0.25, 0.3) is 10.9 Å². The molecule has 6 heteroatoms. The van der Waals surface area contributed by atoms with Crippen molar-refractivity contribution in [1.29, 1.82) is 0 Å². The number of H-pyrrole nitrogens is 1. The third-order valence-electron chi connectivity index (χ3n) is 7.33. The predicted octanol–water partition coefficient (Wildman–Crippen LogP) is 4.59. The fourth-order valence-electron chi connectivity index (χ4n) is 5.40. The molecule has 32 heavy (non-hydrogen) atoms. The Balaban J connectivity index is 1.49. The van der Waals surface area contributed by atoms with Gasteiger partial charge in [-0.2, -0.15) is 0 Å². The van der Waals surface area contributed by atoms with E-state index >= 15 is 0 Å². The topological polar surface area (TPSA) is 68.8 Å². The molecule has 2 aromatic carbocycles. The van der Waals surface area contributed by atoms with E-state index in [0.717, 1.165) is 31.7 Å². The smallest absolute Gasteiger partial charge is 0.335 e. The summed E-state index contributed by atoms with van der Waals surface area (Å²) in [6.07, 6.45) is 5.52. The second-order valence-corrected chi connectivity index (χ2v) is 9.12. The molecule has 1 aromatic heterocycles. The van der Waals surface area contributed by atoms with E-state index in [9.17, 15) is 9.90 Å². The Morgan fingerprint density at radius 2 is 1.97 bits per heavy atom. The third kappa shape index (κ3) is 3.78. The van der Waals surface area contributed by atoms with Gasteiger partial charge in [0.2, 0.25) is 0 Å². The van der Waals surface area contributed by atoms with Crippen LogP contribution in [0, 0.1) is 6.92 Å². The Kier molecular flexibility index (Phi) is 5.66. The number of carbonyl (C=O) groups is 1. The first-order valence-corrected chi connectivity index (χ1v) is 11.5. The number of hydrogen-bond donors (Lipinski definition) is 2. The van der Waals surface area contributed by atoms with Crippen molar-refractivity contribution in [3.63, 3.8) is 0 Å². The number of piperidine rings is 1. The lowest BCUT2D eigenvalue weighted by Gasteiger charge is -2.47. The summed E-state index contributed by atoms with van der Waals surface area (Å²) < 4.78 is 5.80. The second-order valence-electron chi connectivity index (χ2n) is 9.12. The van der Waals surface area contributed by atoms with Crippen molar-refractivity contribution in [3.05, 3.63) is 64.8 Å². The highest BCUT2D eigenvalue weighted by molar-refractivity contribution is 5.88. The van der Waals surface area contributed by atoms with Crippen molar-refractivity contribution in [1.82, 2.24) is 14.8 Å². The number of aromatic carboxylic acids is 1. The number of carboxylic acid groups (broad SMARTS) is 1. The largest absolute Gasteiger partial charge is 0.496 e. The van der Waals surface area contributed by atoms with E-state index in [2.05, 4.69) is 33.8 Å². The number of rotatable bonds is 6. The average molecular weight is 434 g/mol. The molecule has 3 heterocycles. The molecule has 2 N–H and O–H groups in total. The number of methoxy groups -OCH3 is 1. The van der Waals surface area contributed by atoms with E-state index in [1.165, 1.54) is 47.1 Å². The molecule has 0 unspecified atom stereocenters. The zero-order valence-electron chi connectivity index (χ0n) is 18.8. The number of benzene rings is 2. The van der Waals surface area contributed by atoms with Gasteiger partial charge in [0.1, 0.15) is 5.75 Å². The van der Waals surface area contributed by atoms with Crippen molar-refractivity contribution in [2.45, 2.75) is 44.8 Å². The number of likely N-dealkylation sites (tertiary alicyclic amines) is 2. The van der Waals surface area contributed by atoms with E-state index in [-0.39, 0.29) is 6.04 Å². The summed E-state index contributed by atoms with van der Waals surface area (Å²) in [5.41, 5.74) is 5.09. The van der Waals surface area contributed by atoms with Crippen molar-refractivity contribution in [2.75, 3.05) is 26.7 Å². The molecule has 0 aliphatic carbocycles. The fourth-order valence-corrected chi connectivity index (χ4v) is 5.40. The van der Waals surface area contributed by atoms with Gasteiger partial charge in [0.15, 0.2) is 0 Å². The van der Waals surface area contributed by atoms with Crippen LogP contribution in [-0.4, -0.2) is 58.6 Å². The maximum Gasteiger partial charge on any atom is 0.335 e. The van der Waals surface area contributed by atoms with Crippen molar-refractivity contribution >= 4 is 16.9 Å². The summed E-state index contributed by atoms with van der Waals surface area (Å²) in [5.74, 6) is 0.0502. The van der Waals surface area contributed by atoms with Crippen LogP contribution in [0.5, 0.6) is 5.75 Å². The highest BCUT2D eigenvalue weighted by Gasteiger charge is 2.35. The van der Waals surface area contributed by atoms with Crippen LogP contribution in [0.4, 0.5) is 0 Å². The van der Waals surface area contributed by atoms with Crippen molar-refractivity contribution in [3.8, 4) is 5.75 Å². The van der Waals surface area contributed by atoms with Gasteiger partial charge < -0.3 is 19.7 Å². The number of carboxylic acids is 1. The minimum absolute atomic E-state index is 0.247. The summed E-state index contributed by atoms with van der Waals surface area (Å²) in [7, 11) is 1.75. The van der Waals surface area contributed by atoms with E-state index < -0.39 is 5.97 Å². The molecule has 3 aromatic rings. The number of fused-ring (bicyclic) bond motifs is 1. The minimum atomic E-state index is -0.880. The molecule has 5 rings (SSSR count). The molecule has 0 radical (unpaired) electrons. The SMILES string of the molecule is COc1cc(C)c2[nH]ccc2c1CN1CC[C@@H](N2CCC2)C[C@H]1c1ccc(C(=O)O)cc1. The molecule has 2 fully saturated rings. The number of aromatic amines is 1.